The monoisotopic (exact) mass is 337 g/mol. The maximum absolute atomic E-state index is 13.6. The van der Waals surface area contributed by atoms with E-state index in [1.807, 2.05) is 18.2 Å². The van der Waals surface area contributed by atoms with Gasteiger partial charge < -0.3 is 10.1 Å². The van der Waals surface area contributed by atoms with E-state index in [4.69, 9.17) is 4.74 Å². The largest absolute Gasteiger partial charge is 0.494 e. The number of hydrogen-bond acceptors (Lipinski definition) is 2. The number of benzene rings is 2. The summed E-state index contributed by atoms with van der Waals surface area (Å²) in [5, 5.41) is 3.38. The van der Waals surface area contributed by atoms with Gasteiger partial charge in [-0.05, 0) is 42.3 Å². The van der Waals surface area contributed by atoms with Crippen molar-refractivity contribution in [2.24, 2.45) is 0 Å². The van der Waals surface area contributed by atoms with Crippen molar-refractivity contribution in [3.63, 3.8) is 0 Å². The third kappa shape index (κ3) is 3.81. The Labute approximate surface area is 127 Å². The van der Waals surface area contributed by atoms with Crippen molar-refractivity contribution in [1.82, 2.24) is 5.32 Å². The highest BCUT2D eigenvalue weighted by atomic mass is 79.9. The van der Waals surface area contributed by atoms with Crippen LogP contribution < -0.4 is 10.1 Å². The van der Waals surface area contributed by atoms with Crippen LogP contribution in [0.15, 0.2) is 46.9 Å². The summed E-state index contributed by atoms with van der Waals surface area (Å²) in [7, 11) is 1.46. The summed E-state index contributed by atoms with van der Waals surface area (Å²) in [4.78, 5) is 0. The highest BCUT2D eigenvalue weighted by molar-refractivity contribution is 9.10. The zero-order chi connectivity index (χ0) is 14.5. The van der Waals surface area contributed by atoms with E-state index >= 15 is 0 Å². The van der Waals surface area contributed by atoms with E-state index in [0.717, 1.165) is 10.0 Å². The highest BCUT2D eigenvalue weighted by Gasteiger charge is 2.07. The maximum atomic E-state index is 13.6. The Kier molecular flexibility index (Phi) is 5.15. The Balaban J connectivity index is 1.99. The van der Waals surface area contributed by atoms with Crippen molar-refractivity contribution in [2.45, 2.75) is 19.5 Å². The SMILES string of the molecule is COc1ccc(CNC(C)c2cccc(Br)c2)cc1F. The van der Waals surface area contributed by atoms with Crippen LogP contribution in [0.4, 0.5) is 4.39 Å². The topological polar surface area (TPSA) is 21.3 Å². The molecule has 0 saturated heterocycles. The Morgan fingerprint density at radius 2 is 2.05 bits per heavy atom. The van der Waals surface area contributed by atoms with Gasteiger partial charge in [0, 0.05) is 17.1 Å². The van der Waals surface area contributed by atoms with Gasteiger partial charge in [-0.15, -0.1) is 0 Å². The molecule has 0 aliphatic heterocycles. The van der Waals surface area contributed by atoms with Crippen molar-refractivity contribution < 1.29 is 9.13 Å². The molecule has 2 nitrogen and oxygen atoms in total. The van der Waals surface area contributed by atoms with Gasteiger partial charge in [-0.3, -0.25) is 0 Å². The Bertz CT molecular complexity index is 588. The zero-order valence-electron chi connectivity index (χ0n) is 11.5. The fourth-order valence-corrected chi connectivity index (χ4v) is 2.40. The summed E-state index contributed by atoms with van der Waals surface area (Å²) in [5.74, 6) is -0.0595. The van der Waals surface area contributed by atoms with E-state index in [2.05, 4.69) is 40.3 Å². The fourth-order valence-electron chi connectivity index (χ4n) is 1.98. The average molecular weight is 338 g/mol. The van der Waals surface area contributed by atoms with Gasteiger partial charge in [0.05, 0.1) is 7.11 Å². The summed E-state index contributed by atoms with van der Waals surface area (Å²) in [6.45, 7) is 2.69. The van der Waals surface area contributed by atoms with Gasteiger partial charge in [0.15, 0.2) is 11.6 Å². The summed E-state index contributed by atoms with van der Waals surface area (Å²) in [5.41, 5.74) is 2.08. The van der Waals surface area contributed by atoms with Gasteiger partial charge in [0.25, 0.3) is 0 Å². The van der Waals surface area contributed by atoms with Gasteiger partial charge in [0.1, 0.15) is 0 Å². The number of ether oxygens (including phenoxy) is 1. The molecule has 0 saturated carbocycles. The predicted molar refractivity (Wildman–Crippen MR) is 82.3 cm³/mol. The first-order valence-corrected chi connectivity index (χ1v) is 7.20. The molecule has 0 aromatic heterocycles. The van der Waals surface area contributed by atoms with Crippen molar-refractivity contribution in [1.29, 1.82) is 0 Å². The first kappa shape index (κ1) is 15.0. The average Bonchev–Trinajstić information content (AvgIpc) is 2.45. The van der Waals surface area contributed by atoms with Crippen LogP contribution in [0.1, 0.15) is 24.1 Å². The quantitative estimate of drug-likeness (QED) is 0.870. The van der Waals surface area contributed by atoms with Crippen molar-refractivity contribution in [2.75, 3.05) is 7.11 Å². The van der Waals surface area contributed by atoms with E-state index in [-0.39, 0.29) is 17.6 Å². The number of rotatable bonds is 5. The molecule has 2 aromatic carbocycles. The lowest BCUT2D eigenvalue weighted by Gasteiger charge is -2.15. The number of nitrogens with one attached hydrogen (secondary N) is 1. The third-order valence-electron chi connectivity index (χ3n) is 3.18. The number of halogens is 2. The summed E-state index contributed by atoms with van der Waals surface area (Å²) in [6, 6.07) is 13.3. The molecular weight excluding hydrogens is 321 g/mol. The van der Waals surface area contributed by atoms with Crippen LogP contribution in [0, 0.1) is 5.82 Å². The fraction of sp³-hybridized carbons (Fsp3) is 0.250. The standard InChI is InChI=1S/C16H17BrFNO/c1-11(13-4-3-5-14(17)9-13)19-10-12-6-7-16(20-2)15(18)8-12/h3-9,11,19H,10H2,1-2H3. The molecule has 0 radical (unpaired) electrons. The van der Waals surface area contributed by atoms with Crippen LogP contribution in [-0.2, 0) is 6.54 Å². The minimum atomic E-state index is -0.332. The molecule has 20 heavy (non-hydrogen) atoms. The lowest BCUT2D eigenvalue weighted by molar-refractivity contribution is 0.386. The molecule has 0 bridgehead atoms. The van der Waals surface area contributed by atoms with E-state index in [1.165, 1.54) is 18.7 Å². The van der Waals surface area contributed by atoms with Crippen molar-refractivity contribution in [3.05, 3.63) is 63.9 Å². The second-order valence-electron chi connectivity index (χ2n) is 4.63. The minimum Gasteiger partial charge on any atom is -0.494 e. The van der Waals surface area contributed by atoms with Crippen LogP contribution in [0.25, 0.3) is 0 Å². The zero-order valence-corrected chi connectivity index (χ0v) is 13.1. The molecule has 0 aliphatic rings. The predicted octanol–water partition coefficient (Wildman–Crippen LogP) is 4.45. The van der Waals surface area contributed by atoms with Gasteiger partial charge in [0.2, 0.25) is 0 Å². The summed E-state index contributed by atoms with van der Waals surface area (Å²) >= 11 is 3.46. The van der Waals surface area contributed by atoms with Gasteiger partial charge in [-0.25, -0.2) is 4.39 Å². The molecule has 0 amide bonds. The molecule has 0 aliphatic carbocycles. The smallest absolute Gasteiger partial charge is 0.165 e. The second-order valence-corrected chi connectivity index (χ2v) is 5.54. The van der Waals surface area contributed by atoms with E-state index in [1.54, 1.807) is 6.07 Å². The third-order valence-corrected chi connectivity index (χ3v) is 3.67. The van der Waals surface area contributed by atoms with Crippen LogP contribution in [0.2, 0.25) is 0 Å². The van der Waals surface area contributed by atoms with Crippen LogP contribution >= 0.6 is 15.9 Å². The molecule has 0 spiro atoms. The van der Waals surface area contributed by atoms with Gasteiger partial charge >= 0.3 is 0 Å². The molecule has 106 valence electrons. The lowest BCUT2D eigenvalue weighted by Crippen LogP contribution is -2.18. The molecule has 2 rings (SSSR count). The molecule has 2 aromatic rings. The van der Waals surface area contributed by atoms with Crippen molar-refractivity contribution >= 4 is 15.9 Å². The van der Waals surface area contributed by atoms with Gasteiger partial charge in [-0.1, -0.05) is 34.1 Å². The first-order chi connectivity index (χ1) is 9.60. The summed E-state index contributed by atoms with van der Waals surface area (Å²) < 4.78 is 19.6. The van der Waals surface area contributed by atoms with E-state index < -0.39 is 0 Å². The number of methoxy groups -OCH3 is 1. The molecule has 0 heterocycles. The summed E-state index contributed by atoms with van der Waals surface area (Å²) in [6.07, 6.45) is 0. The van der Waals surface area contributed by atoms with Crippen molar-refractivity contribution in [3.8, 4) is 5.75 Å². The second kappa shape index (κ2) is 6.86. The Morgan fingerprint density at radius 1 is 1.25 bits per heavy atom. The maximum Gasteiger partial charge on any atom is 0.165 e. The van der Waals surface area contributed by atoms with Gasteiger partial charge in [-0.2, -0.15) is 0 Å². The molecule has 1 atom stereocenters. The number of hydrogen-bond donors (Lipinski definition) is 1. The molecule has 1 N–H and O–H groups in total. The van der Waals surface area contributed by atoms with E-state index in [9.17, 15) is 4.39 Å². The molecule has 4 heteroatoms. The van der Waals surface area contributed by atoms with Crippen LogP contribution in [0.5, 0.6) is 5.75 Å². The molecular formula is C16H17BrFNO. The Morgan fingerprint density at radius 3 is 2.70 bits per heavy atom. The molecule has 1 unspecified atom stereocenters. The normalized spacial score (nSPS) is 12.2. The minimum absolute atomic E-state index is 0.192. The highest BCUT2D eigenvalue weighted by Crippen LogP contribution is 2.20. The lowest BCUT2D eigenvalue weighted by atomic mass is 10.1. The van der Waals surface area contributed by atoms with E-state index in [0.29, 0.717) is 6.54 Å². The van der Waals surface area contributed by atoms with Crippen LogP contribution in [0.3, 0.4) is 0 Å². The Hall–Kier alpha value is -1.39. The first-order valence-electron chi connectivity index (χ1n) is 6.41. The molecule has 0 fully saturated rings. The van der Waals surface area contributed by atoms with Crippen LogP contribution in [-0.4, -0.2) is 7.11 Å².